The van der Waals surface area contributed by atoms with E-state index < -0.39 is 0 Å². The molecular weight excluding hydrogens is 336 g/mol. The monoisotopic (exact) mass is 356 g/mol. The normalized spacial score (nSPS) is 14.4. The van der Waals surface area contributed by atoms with E-state index in [1.54, 1.807) is 4.68 Å². The number of nitrogens with zero attached hydrogens (tertiary/aromatic N) is 5. The lowest BCUT2D eigenvalue weighted by molar-refractivity contribution is 0.102. The Kier molecular flexibility index (Phi) is 3.79. The molecule has 0 saturated heterocycles. The Bertz CT molecular complexity index is 969. The minimum absolute atomic E-state index is 0.183. The van der Waals surface area contributed by atoms with Gasteiger partial charge in [0, 0.05) is 24.6 Å². The highest BCUT2D eigenvalue weighted by atomic mass is 32.1. The number of amides is 1. The molecule has 4 rings (SSSR count). The third-order valence-electron chi connectivity index (χ3n) is 4.38. The molecule has 0 aliphatic heterocycles. The molecule has 3 aromatic rings. The molecule has 0 atom stereocenters. The number of hydrogen-bond donors (Lipinski definition) is 1. The van der Waals surface area contributed by atoms with Crippen molar-refractivity contribution in [1.29, 1.82) is 0 Å². The minimum Gasteiger partial charge on any atom is -0.296 e. The number of rotatable bonds is 4. The molecule has 25 heavy (non-hydrogen) atoms. The summed E-state index contributed by atoms with van der Waals surface area (Å²) in [4.78, 5) is 17.7. The first kappa shape index (κ1) is 16.1. The Morgan fingerprint density at radius 1 is 1.36 bits per heavy atom. The Hall–Kier alpha value is -2.35. The Morgan fingerprint density at radius 2 is 2.12 bits per heavy atom. The average Bonchev–Trinajstić information content (AvgIpc) is 3.25. The lowest BCUT2D eigenvalue weighted by atomic mass is 10.1. The molecule has 1 N–H and O–H groups in total. The average molecular weight is 356 g/mol. The van der Waals surface area contributed by atoms with Crippen molar-refractivity contribution in [3.8, 4) is 0 Å². The van der Waals surface area contributed by atoms with Crippen molar-refractivity contribution in [2.75, 3.05) is 5.32 Å². The summed E-state index contributed by atoms with van der Waals surface area (Å²) in [6.07, 6.45) is 2.26. The number of hydrogen-bond acceptors (Lipinski definition) is 6. The summed E-state index contributed by atoms with van der Waals surface area (Å²) in [6, 6.07) is 1.91. The second-order valence-electron chi connectivity index (χ2n) is 6.83. The first-order valence-electron chi connectivity index (χ1n) is 8.43. The molecule has 1 aliphatic rings. The van der Waals surface area contributed by atoms with Crippen LogP contribution in [0, 0.1) is 6.92 Å². The molecule has 0 aromatic carbocycles. The van der Waals surface area contributed by atoms with Crippen LogP contribution in [-0.2, 0) is 7.05 Å². The second-order valence-corrected chi connectivity index (χ2v) is 7.84. The Labute approximate surface area is 149 Å². The van der Waals surface area contributed by atoms with E-state index in [9.17, 15) is 4.79 Å². The fourth-order valence-corrected chi connectivity index (χ4v) is 3.66. The van der Waals surface area contributed by atoms with Gasteiger partial charge >= 0.3 is 0 Å². The summed E-state index contributed by atoms with van der Waals surface area (Å²) in [5.74, 6) is 0.565. The summed E-state index contributed by atoms with van der Waals surface area (Å²) in [5.41, 5.74) is 3.14. The van der Waals surface area contributed by atoms with Crippen LogP contribution in [0.4, 0.5) is 5.13 Å². The molecular formula is C17H20N6OS. The minimum atomic E-state index is -0.183. The SMILES string of the molecule is Cc1nn(C)c2nc(C3CC3)cc(C(=O)Nc3nnc(C(C)C)s3)c12. The van der Waals surface area contributed by atoms with Gasteiger partial charge in [-0.05, 0) is 25.8 Å². The van der Waals surface area contributed by atoms with E-state index in [2.05, 4.69) is 34.5 Å². The van der Waals surface area contributed by atoms with Crippen LogP contribution >= 0.6 is 11.3 Å². The highest BCUT2D eigenvalue weighted by Gasteiger charge is 2.28. The zero-order valence-electron chi connectivity index (χ0n) is 14.7. The molecule has 1 fully saturated rings. The summed E-state index contributed by atoms with van der Waals surface area (Å²) >= 11 is 1.41. The number of nitrogens with one attached hydrogen (secondary N) is 1. The molecule has 1 saturated carbocycles. The van der Waals surface area contributed by atoms with Gasteiger partial charge in [0.1, 0.15) is 5.01 Å². The van der Waals surface area contributed by atoms with Crippen molar-refractivity contribution in [3.05, 3.63) is 28.0 Å². The molecule has 0 radical (unpaired) electrons. The van der Waals surface area contributed by atoms with Gasteiger partial charge in [-0.15, -0.1) is 10.2 Å². The van der Waals surface area contributed by atoms with Crippen LogP contribution in [0.15, 0.2) is 6.07 Å². The summed E-state index contributed by atoms with van der Waals surface area (Å²) < 4.78 is 1.75. The van der Waals surface area contributed by atoms with Crippen LogP contribution in [-0.4, -0.2) is 30.9 Å². The van der Waals surface area contributed by atoms with Crippen molar-refractivity contribution in [2.45, 2.75) is 45.4 Å². The van der Waals surface area contributed by atoms with E-state index in [4.69, 9.17) is 4.98 Å². The van der Waals surface area contributed by atoms with E-state index in [0.29, 0.717) is 16.6 Å². The maximum atomic E-state index is 12.9. The summed E-state index contributed by atoms with van der Waals surface area (Å²) in [7, 11) is 1.86. The van der Waals surface area contributed by atoms with E-state index in [-0.39, 0.29) is 11.8 Å². The van der Waals surface area contributed by atoms with Gasteiger partial charge in [-0.2, -0.15) is 5.10 Å². The predicted molar refractivity (Wildman–Crippen MR) is 97.2 cm³/mol. The number of aromatic nitrogens is 5. The third-order valence-corrected chi connectivity index (χ3v) is 5.52. The van der Waals surface area contributed by atoms with E-state index in [1.807, 2.05) is 20.0 Å². The first-order chi connectivity index (χ1) is 11.9. The lowest BCUT2D eigenvalue weighted by Gasteiger charge is -2.07. The molecule has 0 unspecified atom stereocenters. The standard InChI is InChI=1S/C17H20N6OS/c1-8(2)16-20-21-17(25-16)19-15(24)11-7-12(10-5-6-10)18-14-13(11)9(3)22-23(14)4/h7-8,10H,5-6H2,1-4H3,(H,19,21,24). The lowest BCUT2D eigenvalue weighted by Crippen LogP contribution is -2.13. The van der Waals surface area contributed by atoms with Crippen molar-refractivity contribution in [2.24, 2.45) is 7.05 Å². The van der Waals surface area contributed by atoms with Crippen LogP contribution in [0.3, 0.4) is 0 Å². The van der Waals surface area contributed by atoms with Crippen LogP contribution < -0.4 is 5.32 Å². The van der Waals surface area contributed by atoms with Crippen molar-refractivity contribution in [3.63, 3.8) is 0 Å². The van der Waals surface area contributed by atoms with Crippen LogP contribution in [0.25, 0.3) is 11.0 Å². The molecule has 1 amide bonds. The van der Waals surface area contributed by atoms with Crippen molar-refractivity contribution in [1.82, 2.24) is 25.0 Å². The predicted octanol–water partition coefficient (Wildman–Crippen LogP) is 3.38. The van der Waals surface area contributed by atoms with Crippen LogP contribution in [0.1, 0.15) is 65.3 Å². The molecule has 3 heterocycles. The third kappa shape index (κ3) is 2.90. The zero-order valence-corrected chi connectivity index (χ0v) is 15.5. The molecule has 7 nitrogen and oxygen atoms in total. The smallest absolute Gasteiger partial charge is 0.258 e. The highest BCUT2D eigenvalue weighted by Crippen LogP contribution is 2.40. The number of fused-ring (bicyclic) bond motifs is 1. The zero-order chi connectivity index (χ0) is 17.7. The topological polar surface area (TPSA) is 85.6 Å². The van der Waals surface area contributed by atoms with Gasteiger partial charge in [0.2, 0.25) is 5.13 Å². The largest absolute Gasteiger partial charge is 0.296 e. The summed E-state index contributed by atoms with van der Waals surface area (Å²) in [5, 5.41) is 17.8. The fraction of sp³-hybridized carbons (Fsp3) is 0.471. The molecule has 130 valence electrons. The first-order valence-corrected chi connectivity index (χ1v) is 9.24. The van der Waals surface area contributed by atoms with Gasteiger partial charge in [-0.25, -0.2) is 4.98 Å². The molecule has 3 aromatic heterocycles. The second kappa shape index (κ2) is 5.87. The highest BCUT2D eigenvalue weighted by molar-refractivity contribution is 7.15. The maximum Gasteiger partial charge on any atom is 0.258 e. The van der Waals surface area contributed by atoms with E-state index in [1.165, 1.54) is 11.3 Å². The van der Waals surface area contributed by atoms with Crippen LogP contribution in [0.2, 0.25) is 0 Å². The molecule has 0 bridgehead atoms. The van der Waals surface area contributed by atoms with Crippen LogP contribution in [0.5, 0.6) is 0 Å². The number of carbonyl (C=O) groups is 1. The maximum absolute atomic E-state index is 12.9. The van der Waals surface area contributed by atoms with Gasteiger partial charge in [-0.3, -0.25) is 14.8 Å². The quantitative estimate of drug-likeness (QED) is 0.774. The molecule has 8 heteroatoms. The van der Waals surface area contributed by atoms with E-state index >= 15 is 0 Å². The molecule has 1 aliphatic carbocycles. The van der Waals surface area contributed by atoms with Crippen molar-refractivity contribution < 1.29 is 4.79 Å². The van der Waals surface area contributed by atoms with Gasteiger partial charge < -0.3 is 0 Å². The molecule has 0 spiro atoms. The van der Waals surface area contributed by atoms with Gasteiger partial charge in [0.05, 0.1) is 16.6 Å². The van der Waals surface area contributed by atoms with Gasteiger partial charge in [-0.1, -0.05) is 25.2 Å². The van der Waals surface area contributed by atoms with E-state index in [0.717, 1.165) is 40.3 Å². The van der Waals surface area contributed by atoms with Gasteiger partial charge in [0.25, 0.3) is 5.91 Å². The number of aryl methyl sites for hydroxylation is 2. The van der Waals surface area contributed by atoms with Gasteiger partial charge in [0.15, 0.2) is 5.65 Å². The number of carbonyl (C=O) groups excluding carboxylic acids is 1. The van der Waals surface area contributed by atoms with Crippen molar-refractivity contribution >= 4 is 33.4 Å². The fourth-order valence-electron chi connectivity index (χ4n) is 2.91. The number of pyridine rings is 1. The Balaban J connectivity index is 1.74. The Morgan fingerprint density at radius 3 is 2.76 bits per heavy atom. The summed E-state index contributed by atoms with van der Waals surface area (Å²) in [6.45, 7) is 6.01. The number of anilines is 1.